The first-order valence-electron chi connectivity index (χ1n) is 7.14. The first-order chi connectivity index (χ1) is 9.15. The van der Waals surface area contributed by atoms with Gasteiger partial charge in [0.15, 0.2) is 5.78 Å². The molecule has 19 heavy (non-hydrogen) atoms. The Morgan fingerprint density at radius 3 is 2.47 bits per heavy atom. The van der Waals surface area contributed by atoms with Gasteiger partial charge in [-0.2, -0.15) is 0 Å². The Hall–Kier alpha value is -1.57. The highest BCUT2D eigenvalue weighted by atomic mass is 16.5. The number of Topliss-reactive ketones (excluding diaryl/α,β-unsaturated/α-hetero) is 1. The van der Waals surface area contributed by atoms with Gasteiger partial charge in [0.1, 0.15) is 11.7 Å². The predicted octanol–water partition coefficient (Wildman–Crippen LogP) is 4.22. The van der Waals surface area contributed by atoms with Gasteiger partial charge in [-0.1, -0.05) is 43.7 Å². The maximum atomic E-state index is 12.3. The van der Waals surface area contributed by atoms with E-state index in [1.54, 1.807) is 0 Å². The van der Waals surface area contributed by atoms with Gasteiger partial charge >= 0.3 is 0 Å². The molecule has 2 rings (SSSR count). The van der Waals surface area contributed by atoms with Gasteiger partial charge in [0.2, 0.25) is 0 Å². The first-order valence-corrected chi connectivity index (χ1v) is 7.14. The van der Waals surface area contributed by atoms with Crippen LogP contribution in [0.2, 0.25) is 0 Å². The van der Waals surface area contributed by atoms with E-state index in [0.29, 0.717) is 0 Å². The number of ether oxygens (including phenoxy) is 1. The molecule has 0 aromatic heterocycles. The number of rotatable bonds is 6. The molecule has 0 saturated carbocycles. The maximum Gasteiger partial charge on any atom is 0.177 e. The second-order valence-corrected chi connectivity index (χ2v) is 5.32. The monoisotopic (exact) mass is 258 g/mol. The molecule has 1 aromatic carbocycles. The lowest BCUT2D eigenvalue weighted by Gasteiger charge is -2.33. The van der Waals surface area contributed by atoms with E-state index in [1.165, 1.54) is 0 Å². The molecule has 0 fully saturated rings. The molecule has 2 nitrogen and oxygen atoms in total. The van der Waals surface area contributed by atoms with Gasteiger partial charge in [0, 0.05) is 5.57 Å². The Morgan fingerprint density at radius 1 is 1.21 bits per heavy atom. The molecule has 2 heteroatoms. The molecule has 0 aliphatic heterocycles. The van der Waals surface area contributed by atoms with Crippen molar-refractivity contribution in [2.24, 2.45) is 0 Å². The smallest absolute Gasteiger partial charge is 0.177 e. The SMILES string of the molecule is CCCCC1=C(OC(C)C)C(c2ccccc2)C1=O. The largest absolute Gasteiger partial charge is 0.494 e. The normalized spacial score (nSPS) is 18.7. The minimum absolute atomic E-state index is 0.117. The van der Waals surface area contributed by atoms with E-state index in [0.717, 1.165) is 36.2 Å². The van der Waals surface area contributed by atoms with Gasteiger partial charge < -0.3 is 4.74 Å². The van der Waals surface area contributed by atoms with Crippen molar-refractivity contribution in [1.29, 1.82) is 0 Å². The third-order valence-electron chi connectivity index (χ3n) is 3.40. The molecule has 0 heterocycles. The van der Waals surface area contributed by atoms with E-state index >= 15 is 0 Å². The zero-order valence-electron chi connectivity index (χ0n) is 12.0. The van der Waals surface area contributed by atoms with E-state index in [-0.39, 0.29) is 17.8 Å². The van der Waals surface area contributed by atoms with Gasteiger partial charge in [0.05, 0.1) is 6.10 Å². The number of allylic oxidation sites excluding steroid dienone is 2. The highest BCUT2D eigenvalue weighted by Gasteiger charge is 2.41. The van der Waals surface area contributed by atoms with Crippen LogP contribution < -0.4 is 0 Å². The van der Waals surface area contributed by atoms with Crippen molar-refractivity contribution in [2.45, 2.75) is 52.1 Å². The second kappa shape index (κ2) is 6.05. The number of benzene rings is 1. The predicted molar refractivity (Wildman–Crippen MR) is 77.0 cm³/mol. The summed E-state index contributed by atoms with van der Waals surface area (Å²) in [7, 11) is 0. The molecular formula is C17H22O2. The van der Waals surface area contributed by atoms with Crippen LogP contribution in [0, 0.1) is 0 Å². The van der Waals surface area contributed by atoms with E-state index in [2.05, 4.69) is 6.92 Å². The summed E-state index contributed by atoms with van der Waals surface area (Å²) in [5, 5.41) is 0. The molecule has 1 unspecified atom stereocenters. The van der Waals surface area contributed by atoms with Gasteiger partial charge in [-0.25, -0.2) is 0 Å². The lowest BCUT2D eigenvalue weighted by atomic mass is 9.75. The van der Waals surface area contributed by atoms with Crippen LogP contribution in [0.4, 0.5) is 0 Å². The third kappa shape index (κ3) is 2.89. The molecule has 0 bridgehead atoms. The maximum absolute atomic E-state index is 12.3. The summed E-state index contributed by atoms with van der Waals surface area (Å²) in [6, 6.07) is 9.92. The summed E-state index contributed by atoms with van der Waals surface area (Å²) in [6.45, 7) is 6.16. The van der Waals surface area contributed by atoms with Gasteiger partial charge in [-0.3, -0.25) is 4.79 Å². The third-order valence-corrected chi connectivity index (χ3v) is 3.40. The van der Waals surface area contributed by atoms with Crippen LogP contribution >= 0.6 is 0 Å². The van der Waals surface area contributed by atoms with Crippen molar-refractivity contribution in [3.63, 3.8) is 0 Å². The van der Waals surface area contributed by atoms with Crippen molar-refractivity contribution >= 4 is 5.78 Å². The molecule has 1 aliphatic rings. The molecule has 1 aromatic rings. The zero-order chi connectivity index (χ0) is 13.8. The van der Waals surface area contributed by atoms with Crippen LogP contribution in [-0.2, 0) is 9.53 Å². The van der Waals surface area contributed by atoms with Crippen LogP contribution in [0.1, 0.15) is 51.5 Å². The Balaban J connectivity index is 2.25. The van der Waals surface area contributed by atoms with Crippen molar-refractivity contribution in [3.8, 4) is 0 Å². The Labute approximate surface area is 115 Å². The molecular weight excluding hydrogens is 236 g/mol. The van der Waals surface area contributed by atoms with Crippen LogP contribution in [0.15, 0.2) is 41.7 Å². The highest BCUT2D eigenvalue weighted by molar-refractivity contribution is 6.09. The molecule has 1 atom stereocenters. The minimum Gasteiger partial charge on any atom is -0.494 e. The number of hydrogen-bond donors (Lipinski definition) is 0. The molecule has 0 N–H and O–H groups in total. The highest BCUT2D eigenvalue weighted by Crippen LogP contribution is 2.42. The summed E-state index contributed by atoms with van der Waals surface area (Å²) in [6.07, 6.45) is 3.11. The quantitative estimate of drug-likeness (QED) is 0.763. The fourth-order valence-electron chi connectivity index (χ4n) is 2.45. The molecule has 1 aliphatic carbocycles. The molecule has 0 spiro atoms. The second-order valence-electron chi connectivity index (χ2n) is 5.32. The number of unbranched alkanes of at least 4 members (excludes halogenated alkanes) is 1. The van der Waals surface area contributed by atoms with Crippen LogP contribution in [0.5, 0.6) is 0 Å². The summed E-state index contributed by atoms with van der Waals surface area (Å²) < 4.78 is 5.89. The average molecular weight is 258 g/mol. The van der Waals surface area contributed by atoms with Gasteiger partial charge in [0.25, 0.3) is 0 Å². The summed E-state index contributed by atoms with van der Waals surface area (Å²) >= 11 is 0. The van der Waals surface area contributed by atoms with E-state index < -0.39 is 0 Å². The number of ketones is 1. The Bertz CT molecular complexity index is 471. The van der Waals surface area contributed by atoms with Crippen LogP contribution in [-0.4, -0.2) is 11.9 Å². The van der Waals surface area contributed by atoms with Gasteiger partial charge in [-0.15, -0.1) is 0 Å². The molecule has 102 valence electrons. The fraction of sp³-hybridized carbons (Fsp3) is 0.471. The first kappa shape index (κ1) is 13.9. The number of carbonyl (C=O) groups excluding carboxylic acids is 1. The van der Waals surface area contributed by atoms with Crippen molar-refractivity contribution in [3.05, 3.63) is 47.2 Å². The lowest BCUT2D eigenvalue weighted by molar-refractivity contribution is -0.120. The lowest BCUT2D eigenvalue weighted by Crippen LogP contribution is -2.32. The molecule has 0 saturated heterocycles. The Kier molecular flexibility index (Phi) is 4.41. The zero-order valence-corrected chi connectivity index (χ0v) is 12.0. The standard InChI is InChI=1S/C17H22O2/c1-4-5-11-14-16(18)15(17(14)19-12(2)3)13-9-7-6-8-10-13/h6-10,12,15H,4-5,11H2,1-3H3. The average Bonchev–Trinajstić information content (AvgIpc) is 2.39. The number of hydrogen-bond acceptors (Lipinski definition) is 2. The summed E-state index contributed by atoms with van der Waals surface area (Å²) in [5.74, 6) is 0.977. The van der Waals surface area contributed by atoms with Crippen LogP contribution in [0.3, 0.4) is 0 Å². The van der Waals surface area contributed by atoms with Crippen LogP contribution in [0.25, 0.3) is 0 Å². The minimum atomic E-state index is -0.171. The molecule has 0 amide bonds. The van der Waals surface area contributed by atoms with E-state index in [9.17, 15) is 4.79 Å². The summed E-state index contributed by atoms with van der Waals surface area (Å²) in [5.41, 5.74) is 1.95. The van der Waals surface area contributed by atoms with E-state index in [1.807, 2.05) is 44.2 Å². The number of carbonyl (C=O) groups is 1. The van der Waals surface area contributed by atoms with Crippen molar-refractivity contribution in [1.82, 2.24) is 0 Å². The fourth-order valence-corrected chi connectivity index (χ4v) is 2.45. The summed E-state index contributed by atoms with van der Waals surface area (Å²) in [4.78, 5) is 12.3. The van der Waals surface area contributed by atoms with Crippen molar-refractivity contribution < 1.29 is 9.53 Å². The molecule has 0 radical (unpaired) electrons. The Morgan fingerprint density at radius 2 is 1.89 bits per heavy atom. The van der Waals surface area contributed by atoms with E-state index in [4.69, 9.17) is 4.74 Å². The van der Waals surface area contributed by atoms with Crippen molar-refractivity contribution in [2.75, 3.05) is 0 Å². The topological polar surface area (TPSA) is 26.3 Å². The van der Waals surface area contributed by atoms with Gasteiger partial charge in [-0.05, 0) is 32.3 Å².